The van der Waals surface area contributed by atoms with Crippen molar-refractivity contribution in [3.63, 3.8) is 0 Å². The second-order valence-electron chi connectivity index (χ2n) is 13.4. The molecule has 2 aromatic carbocycles. The average molecular weight is 741 g/mol. The molecule has 0 saturated carbocycles. The number of esters is 1. The quantitative estimate of drug-likeness (QED) is 0.167. The first kappa shape index (κ1) is 39.4. The van der Waals surface area contributed by atoms with Gasteiger partial charge in [0.15, 0.2) is 6.29 Å². The molecule has 5 N–H and O–H groups in total. The van der Waals surface area contributed by atoms with E-state index in [-0.39, 0.29) is 37.5 Å². The number of alkyl halides is 3. The van der Waals surface area contributed by atoms with E-state index in [9.17, 15) is 48.0 Å². The summed E-state index contributed by atoms with van der Waals surface area (Å²) in [5, 5.41) is 42.3. The molecule has 3 aliphatic heterocycles. The van der Waals surface area contributed by atoms with E-state index in [1.54, 1.807) is 50.2 Å². The van der Waals surface area contributed by atoms with E-state index in [1.165, 1.54) is 4.90 Å². The van der Waals surface area contributed by atoms with Gasteiger partial charge in [-0.15, -0.1) is 0 Å². The number of hydrogen-bond donors (Lipinski definition) is 5. The number of nitrogens with zero attached hydrogens (tertiary/aromatic N) is 1. The molecule has 3 saturated heterocycles. The topological polar surface area (TPSA) is 194 Å². The molecular weight excluding hydrogens is 697 g/mol. The molecule has 52 heavy (non-hydrogen) atoms. The fourth-order valence-electron chi connectivity index (χ4n) is 6.91. The van der Waals surface area contributed by atoms with Crippen molar-refractivity contribution in [1.29, 1.82) is 0 Å². The van der Waals surface area contributed by atoms with Gasteiger partial charge in [-0.1, -0.05) is 42.0 Å². The number of rotatable bonds is 11. The van der Waals surface area contributed by atoms with Crippen LogP contribution in [0.1, 0.15) is 61.0 Å². The molecule has 8 atom stereocenters. The number of benzene rings is 2. The van der Waals surface area contributed by atoms with Crippen LogP contribution >= 0.6 is 0 Å². The standard InChI is InChI=1S/C35H43F3N2O12/c1-20-12-22(14-24(13-20)35(36,37)38)21(2)49-18-34(23-6-4-3-5-7-23)11-10-33(9-8-26(42)39-33)17-40(34)32(47)51-19-50-27(43)16-48-31-30(46)29(45)28(44)25(15-41)52-31/h3-7,12-14,21,25,28-31,41,44-46H,8-11,15-19H2,1-2H3,(H,39,42)/t21-,25?,28?,29?,30?,31?,33-,34-/m1/s1. The summed E-state index contributed by atoms with van der Waals surface area (Å²) in [5.74, 6) is -1.23. The summed E-state index contributed by atoms with van der Waals surface area (Å²) in [6, 6.07) is 12.5. The molecular formula is C35H43F3N2O12. The second kappa shape index (κ2) is 16.0. The maximum atomic E-state index is 13.9. The first-order valence-corrected chi connectivity index (χ1v) is 16.8. The van der Waals surface area contributed by atoms with Gasteiger partial charge in [0, 0.05) is 13.0 Å². The Labute approximate surface area is 297 Å². The molecule has 5 rings (SSSR count). The lowest BCUT2D eigenvalue weighted by molar-refractivity contribution is -0.300. The zero-order valence-electron chi connectivity index (χ0n) is 28.6. The van der Waals surface area contributed by atoms with E-state index in [2.05, 4.69) is 5.32 Å². The molecule has 0 radical (unpaired) electrons. The summed E-state index contributed by atoms with van der Waals surface area (Å²) in [5.41, 5.74) is -1.49. The Hall–Kier alpha value is -3.84. The summed E-state index contributed by atoms with van der Waals surface area (Å²) in [7, 11) is 0. The summed E-state index contributed by atoms with van der Waals surface area (Å²) in [6.45, 7) is 0.584. The number of likely N-dealkylation sites (tertiary alicyclic amines) is 1. The smallest absolute Gasteiger partial charge is 0.416 e. The lowest BCUT2D eigenvalue weighted by Gasteiger charge is -2.52. The second-order valence-corrected chi connectivity index (χ2v) is 13.4. The average Bonchev–Trinajstić information content (AvgIpc) is 3.48. The maximum Gasteiger partial charge on any atom is 0.416 e. The Balaban J connectivity index is 1.32. The first-order chi connectivity index (χ1) is 24.6. The van der Waals surface area contributed by atoms with Crippen molar-refractivity contribution in [2.45, 2.75) is 93.6 Å². The predicted octanol–water partition coefficient (Wildman–Crippen LogP) is 2.19. The fraction of sp³-hybridized carbons (Fsp3) is 0.571. The highest BCUT2D eigenvalue weighted by atomic mass is 19.4. The molecule has 3 fully saturated rings. The third-order valence-electron chi connectivity index (χ3n) is 9.85. The van der Waals surface area contributed by atoms with Crippen LogP contribution in [0.3, 0.4) is 0 Å². The van der Waals surface area contributed by atoms with E-state index in [0.717, 1.165) is 12.1 Å². The first-order valence-electron chi connectivity index (χ1n) is 16.8. The number of carbonyl (C=O) groups excluding carboxylic acids is 3. The number of carbonyl (C=O) groups is 3. The highest BCUT2D eigenvalue weighted by molar-refractivity contribution is 5.80. The van der Waals surface area contributed by atoms with E-state index in [1.807, 2.05) is 0 Å². The van der Waals surface area contributed by atoms with Crippen LogP contribution in [-0.2, 0) is 45.0 Å². The number of piperidine rings is 1. The summed E-state index contributed by atoms with van der Waals surface area (Å²) >= 11 is 0. The Kier molecular flexibility index (Phi) is 12.1. The van der Waals surface area contributed by atoms with Gasteiger partial charge in [-0.2, -0.15) is 13.2 Å². The molecule has 2 amide bonds. The summed E-state index contributed by atoms with van der Waals surface area (Å²) < 4.78 is 67.9. The molecule has 5 unspecified atom stereocenters. The van der Waals surface area contributed by atoms with Gasteiger partial charge in [-0.25, -0.2) is 9.59 Å². The van der Waals surface area contributed by atoms with E-state index in [0.29, 0.717) is 24.0 Å². The van der Waals surface area contributed by atoms with E-state index >= 15 is 0 Å². The van der Waals surface area contributed by atoms with Crippen LogP contribution in [0.15, 0.2) is 48.5 Å². The summed E-state index contributed by atoms with van der Waals surface area (Å²) in [4.78, 5) is 40.2. The Bertz CT molecular complexity index is 1580. The number of halogens is 3. The zero-order chi connectivity index (χ0) is 37.8. The minimum Gasteiger partial charge on any atom is -0.426 e. The van der Waals surface area contributed by atoms with Crippen LogP contribution < -0.4 is 5.32 Å². The van der Waals surface area contributed by atoms with Crippen LogP contribution in [-0.4, -0.2) is 113 Å². The highest BCUT2D eigenvalue weighted by Crippen LogP contribution is 2.45. The maximum absolute atomic E-state index is 13.9. The predicted molar refractivity (Wildman–Crippen MR) is 172 cm³/mol. The third-order valence-corrected chi connectivity index (χ3v) is 9.85. The fourth-order valence-corrected chi connectivity index (χ4v) is 6.91. The van der Waals surface area contributed by atoms with Crippen LogP contribution in [0.25, 0.3) is 0 Å². The minimum atomic E-state index is -4.56. The Morgan fingerprint density at radius 3 is 2.42 bits per heavy atom. The van der Waals surface area contributed by atoms with Gasteiger partial charge in [0.2, 0.25) is 12.7 Å². The minimum absolute atomic E-state index is 0.0129. The van der Waals surface area contributed by atoms with Crippen molar-refractivity contribution in [2.24, 2.45) is 0 Å². The lowest BCUT2D eigenvalue weighted by Crippen LogP contribution is -2.65. The number of amides is 2. The van der Waals surface area contributed by atoms with Gasteiger partial charge in [-0.3, -0.25) is 9.69 Å². The van der Waals surface area contributed by atoms with Crippen molar-refractivity contribution in [3.05, 3.63) is 70.8 Å². The molecule has 17 heteroatoms. The zero-order valence-corrected chi connectivity index (χ0v) is 28.6. The summed E-state index contributed by atoms with van der Waals surface area (Å²) in [6.07, 6.45) is -12.9. The monoisotopic (exact) mass is 740 g/mol. The number of aliphatic hydroxyl groups excluding tert-OH is 4. The normalized spacial score (nSPS) is 29.8. The molecule has 286 valence electrons. The van der Waals surface area contributed by atoms with Crippen LogP contribution in [0.2, 0.25) is 0 Å². The molecule has 0 aromatic heterocycles. The molecule has 0 bridgehead atoms. The van der Waals surface area contributed by atoms with Gasteiger partial charge in [0.25, 0.3) is 0 Å². The number of ether oxygens (including phenoxy) is 5. The lowest BCUT2D eigenvalue weighted by atomic mass is 9.74. The van der Waals surface area contributed by atoms with Gasteiger partial charge in [-0.05, 0) is 56.4 Å². The molecule has 1 spiro atoms. The molecule has 2 aromatic rings. The SMILES string of the molecule is Cc1cc([C@@H](C)OC[C@@]2(c3ccccc3)CC[C@]3(CCC(=O)N3)CN2C(=O)OCOC(=O)COC2OC(CO)C(O)C(O)C2O)cc(C(F)(F)F)c1. The van der Waals surface area contributed by atoms with E-state index in [4.69, 9.17) is 23.7 Å². The number of aryl methyl sites for hydroxylation is 1. The van der Waals surface area contributed by atoms with Crippen molar-refractivity contribution >= 4 is 18.0 Å². The number of aliphatic hydroxyl groups is 4. The number of hydrogen-bond acceptors (Lipinski definition) is 12. The third kappa shape index (κ3) is 8.68. The van der Waals surface area contributed by atoms with Gasteiger partial charge in [0.1, 0.15) is 31.0 Å². The van der Waals surface area contributed by atoms with Crippen molar-refractivity contribution < 1.29 is 71.7 Å². The highest BCUT2D eigenvalue weighted by Gasteiger charge is 2.54. The molecule has 3 heterocycles. The molecule has 3 aliphatic rings. The van der Waals surface area contributed by atoms with Crippen molar-refractivity contribution in [2.75, 3.05) is 33.2 Å². The van der Waals surface area contributed by atoms with Crippen LogP contribution in [0, 0.1) is 6.92 Å². The Morgan fingerprint density at radius 1 is 1.04 bits per heavy atom. The van der Waals surface area contributed by atoms with Gasteiger partial charge < -0.3 is 49.4 Å². The molecule has 14 nitrogen and oxygen atoms in total. The largest absolute Gasteiger partial charge is 0.426 e. The molecule has 0 aliphatic carbocycles. The van der Waals surface area contributed by atoms with Gasteiger partial charge in [0.05, 0.1) is 36.0 Å². The van der Waals surface area contributed by atoms with Crippen molar-refractivity contribution in [1.82, 2.24) is 10.2 Å². The van der Waals surface area contributed by atoms with Crippen molar-refractivity contribution in [3.8, 4) is 0 Å². The van der Waals surface area contributed by atoms with Crippen LogP contribution in [0.5, 0.6) is 0 Å². The van der Waals surface area contributed by atoms with Gasteiger partial charge >= 0.3 is 18.2 Å². The number of nitrogens with one attached hydrogen (secondary N) is 1. The Morgan fingerprint density at radius 2 is 1.77 bits per heavy atom. The van der Waals surface area contributed by atoms with Crippen LogP contribution in [0.4, 0.5) is 18.0 Å². The van der Waals surface area contributed by atoms with E-state index < -0.39 is 91.7 Å².